The smallest absolute Gasteiger partial charge is 0.144 e. The van der Waals surface area contributed by atoms with Crippen LogP contribution in [0.3, 0.4) is 0 Å². The molecule has 0 aromatic carbocycles. The fourth-order valence-corrected chi connectivity index (χ4v) is 1.50. The molecular weight excluding hydrogens is 208 g/mol. The van der Waals surface area contributed by atoms with Crippen molar-refractivity contribution in [1.29, 1.82) is 0 Å². The Kier molecular flexibility index (Phi) is 4.17. The monoisotopic (exact) mass is 222 g/mol. The van der Waals surface area contributed by atoms with E-state index < -0.39 is 0 Å². The lowest BCUT2D eigenvalue weighted by Gasteiger charge is -1.99. The first-order valence-electron chi connectivity index (χ1n) is 4.75. The molecule has 2 aromatic heterocycles. The minimum Gasteiger partial charge on any atom is -0.382 e. The number of hydrogen-bond acceptors (Lipinski definition) is 5. The molecule has 2 aromatic rings. The second-order valence-electron chi connectivity index (χ2n) is 2.60. The number of nitrogen functional groups attached to an aromatic ring is 1. The average Bonchev–Trinajstić information content (AvgIpc) is 2.78. The Labute approximate surface area is 93.2 Å². The molecule has 0 radical (unpaired) electrons. The molecule has 0 atom stereocenters. The molecule has 0 unspecified atom stereocenters. The van der Waals surface area contributed by atoms with Crippen LogP contribution in [0.25, 0.3) is 11.4 Å². The molecule has 4 nitrogen and oxygen atoms in total. The highest BCUT2D eigenvalue weighted by Crippen LogP contribution is 2.17. The van der Waals surface area contributed by atoms with Crippen LogP contribution in [0.5, 0.6) is 0 Å². The van der Waals surface area contributed by atoms with E-state index >= 15 is 0 Å². The highest BCUT2D eigenvalue weighted by molar-refractivity contribution is 7.07. The Morgan fingerprint density at radius 1 is 1.20 bits per heavy atom. The number of hydrogen-bond donors (Lipinski definition) is 1. The third kappa shape index (κ3) is 2.73. The maximum atomic E-state index is 5.55. The van der Waals surface area contributed by atoms with Gasteiger partial charge < -0.3 is 5.73 Å². The predicted octanol–water partition coefficient (Wildman–Crippen LogP) is 2.52. The summed E-state index contributed by atoms with van der Waals surface area (Å²) in [5.41, 5.74) is 9.68. The SMILES string of the molecule is CC.Cc1nc(-c2cscn2)cnc1N. The normalized spacial score (nSPS) is 9.27. The van der Waals surface area contributed by atoms with Crippen LogP contribution in [0.15, 0.2) is 17.1 Å². The molecule has 2 rings (SSSR count). The molecule has 5 heteroatoms. The molecule has 2 N–H and O–H groups in total. The van der Waals surface area contributed by atoms with Crippen molar-refractivity contribution in [2.45, 2.75) is 20.8 Å². The standard InChI is InChI=1S/C8H8N4S.C2H6/c1-5-8(9)10-2-6(12-5)7-3-13-4-11-7;1-2/h2-4H,1H3,(H2,9,10);1-2H3. The molecule has 0 saturated carbocycles. The number of anilines is 1. The van der Waals surface area contributed by atoms with Crippen LogP contribution in [0.1, 0.15) is 19.5 Å². The highest BCUT2D eigenvalue weighted by atomic mass is 32.1. The van der Waals surface area contributed by atoms with Crippen LogP contribution in [0.4, 0.5) is 5.82 Å². The van der Waals surface area contributed by atoms with Crippen molar-refractivity contribution in [2.75, 3.05) is 5.73 Å². The summed E-state index contributed by atoms with van der Waals surface area (Å²) in [6.45, 7) is 5.83. The average molecular weight is 222 g/mol. The minimum atomic E-state index is 0.471. The highest BCUT2D eigenvalue weighted by Gasteiger charge is 2.03. The second kappa shape index (κ2) is 5.41. The van der Waals surface area contributed by atoms with Crippen LogP contribution in [-0.4, -0.2) is 15.0 Å². The predicted molar refractivity (Wildman–Crippen MR) is 63.6 cm³/mol. The molecule has 0 amide bonds. The second-order valence-corrected chi connectivity index (χ2v) is 3.32. The van der Waals surface area contributed by atoms with E-state index in [4.69, 9.17) is 5.73 Å². The van der Waals surface area contributed by atoms with Crippen molar-refractivity contribution < 1.29 is 0 Å². The Balaban J connectivity index is 0.000000531. The van der Waals surface area contributed by atoms with Gasteiger partial charge >= 0.3 is 0 Å². The number of rotatable bonds is 1. The number of nitrogens with zero attached hydrogens (tertiary/aromatic N) is 3. The number of aryl methyl sites for hydroxylation is 1. The molecule has 0 aliphatic rings. The number of nitrogens with two attached hydrogens (primary N) is 1. The van der Waals surface area contributed by atoms with Crippen LogP contribution in [0, 0.1) is 6.92 Å². The molecule has 0 bridgehead atoms. The van der Waals surface area contributed by atoms with Crippen molar-refractivity contribution in [3.05, 3.63) is 22.8 Å². The summed E-state index contributed by atoms with van der Waals surface area (Å²) in [4.78, 5) is 12.4. The first kappa shape index (κ1) is 11.6. The zero-order chi connectivity index (χ0) is 11.3. The van der Waals surface area contributed by atoms with Crippen molar-refractivity contribution in [2.24, 2.45) is 0 Å². The van der Waals surface area contributed by atoms with Gasteiger partial charge in [-0.05, 0) is 6.92 Å². The summed E-state index contributed by atoms with van der Waals surface area (Å²) in [6, 6.07) is 0. The van der Waals surface area contributed by atoms with E-state index in [0.717, 1.165) is 17.1 Å². The van der Waals surface area contributed by atoms with Gasteiger partial charge in [0.15, 0.2) is 0 Å². The fourth-order valence-electron chi connectivity index (χ4n) is 0.953. The van der Waals surface area contributed by atoms with Crippen molar-refractivity contribution in [1.82, 2.24) is 15.0 Å². The first-order valence-corrected chi connectivity index (χ1v) is 5.69. The lowest BCUT2D eigenvalue weighted by molar-refractivity contribution is 1.12. The summed E-state index contributed by atoms with van der Waals surface area (Å²) < 4.78 is 0. The summed E-state index contributed by atoms with van der Waals surface area (Å²) in [7, 11) is 0. The summed E-state index contributed by atoms with van der Waals surface area (Å²) >= 11 is 1.53. The van der Waals surface area contributed by atoms with Gasteiger partial charge in [0.2, 0.25) is 0 Å². The van der Waals surface area contributed by atoms with Gasteiger partial charge in [0.1, 0.15) is 17.2 Å². The van der Waals surface area contributed by atoms with Gasteiger partial charge in [-0.3, -0.25) is 0 Å². The number of aromatic nitrogens is 3. The number of thiazole rings is 1. The van der Waals surface area contributed by atoms with E-state index in [9.17, 15) is 0 Å². The zero-order valence-electron chi connectivity index (χ0n) is 9.06. The van der Waals surface area contributed by atoms with E-state index in [-0.39, 0.29) is 0 Å². The van der Waals surface area contributed by atoms with Crippen molar-refractivity contribution in [3.63, 3.8) is 0 Å². The molecule has 2 heterocycles. The Morgan fingerprint density at radius 3 is 2.47 bits per heavy atom. The van der Waals surface area contributed by atoms with Gasteiger partial charge in [-0.2, -0.15) is 0 Å². The lowest BCUT2D eigenvalue weighted by Crippen LogP contribution is -1.97. The van der Waals surface area contributed by atoms with E-state index in [1.807, 2.05) is 26.2 Å². The molecule has 0 fully saturated rings. The zero-order valence-corrected chi connectivity index (χ0v) is 9.88. The molecule has 80 valence electrons. The van der Waals surface area contributed by atoms with Crippen molar-refractivity contribution in [3.8, 4) is 11.4 Å². The molecule has 15 heavy (non-hydrogen) atoms. The van der Waals surface area contributed by atoms with Gasteiger partial charge in [0, 0.05) is 5.38 Å². The van der Waals surface area contributed by atoms with Crippen LogP contribution in [-0.2, 0) is 0 Å². The fraction of sp³-hybridized carbons (Fsp3) is 0.300. The van der Waals surface area contributed by atoms with Crippen LogP contribution < -0.4 is 5.73 Å². The molecule has 0 aliphatic carbocycles. The maximum absolute atomic E-state index is 5.55. The van der Waals surface area contributed by atoms with E-state index in [0.29, 0.717) is 5.82 Å². The molecule has 0 saturated heterocycles. The van der Waals surface area contributed by atoms with E-state index in [2.05, 4.69) is 15.0 Å². The third-order valence-corrected chi connectivity index (χ3v) is 2.27. The van der Waals surface area contributed by atoms with Gasteiger partial charge in [-0.25, -0.2) is 15.0 Å². The third-order valence-electron chi connectivity index (χ3n) is 1.68. The van der Waals surface area contributed by atoms with Crippen LogP contribution in [0.2, 0.25) is 0 Å². The maximum Gasteiger partial charge on any atom is 0.144 e. The van der Waals surface area contributed by atoms with Crippen molar-refractivity contribution >= 4 is 17.2 Å². The Hall–Kier alpha value is -1.49. The van der Waals surface area contributed by atoms with Gasteiger partial charge in [0.25, 0.3) is 0 Å². The van der Waals surface area contributed by atoms with Gasteiger partial charge in [-0.15, -0.1) is 11.3 Å². The summed E-state index contributed by atoms with van der Waals surface area (Å²) in [5, 5.41) is 1.93. The van der Waals surface area contributed by atoms with Crippen LogP contribution >= 0.6 is 11.3 Å². The largest absolute Gasteiger partial charge is 0.382 e. The Morgan fingerprint density at radius 2 is 1.93 bits per heavy atom. The van der Waals surface area contributed by atoms with E-state index in [1.54, 1.807) is 11.7 Å². The topological polar surface area (TPSA) is 64.7 Å². The molecular formula is C10H14N4S. The summed E-state index contributed by atoms with van der Waals surface area (Å²) in [5.74, 6) is 0.471. The van der Waals surface area contributed by atoms with Gasteiger partial charge in [-0.1, -0.05) is 13.8 Å². The molecule has 0 aliphatic heterocycles. The van der Waals surface area contributed by atoms with E-state index in [1.165, 1.54) is 11.3 Å². The lowest BCUT2D eigenvalue weighted by atomic mass is 10.3. The quantitative estimate of drug-likeness (QED) is 0.805. The molecule has 0 spiro atoms. The summed E-state index contributed by atoms with van der Waals surface area (Å²) in [6.07, 6.45) is 1.64. The minimum absolute atomic E-state index is 0.471. The Bertz CT molecular complexity index is 411. The van der Waals surface area contributed by atoms with Gasteiger partial charge in [0.05, 0.1) is 17.4 Å². The first-order chi connectivity index (χ1) is 7.27.